The number of halogens is 3. The van der Waals surface area contributed by atoms with E-state index in [2.05, 4.69) is 15.0 Å². The molecule has 1 amide bonds. The Labute approximate surface area is 138 Å². The first kappa shape index (κ1) is 18.5. The van der Waals surface area contributed by atoms with Crippen LogP contribution in [0.15, 0.2) is 24.3 Å². The Bertz CT molecular complexity index is 534. The molecule has 1 aliphatic heterocycles. The van der Waals surface area contributed by atoms with Gasteiger partial charge < -0.3 is 15.2 Å². The molecule has 0 aliphatic carbocycles. The minimum Gasteiger partial charge on any atom is -0.406 e. The van der Waals surface area contributed by atoms with Gasteiger partial charge in [-0.15, -0.1) is 13.2 Å². The lowest BCUT2D eigenvalue weighted by molar-refractivity contribution is -0.274. The van der Waals surface area contributed by atoms with Gasteiger partial charge in [-0.3, -0.25) is 9.69 Å². The van der Waals surface area contributed by atoms with E-state index in [-0.39, 0.29) is 29.9 Å². The maximum atomic E-state index is 12.1. The molecule has 2 rings (SSSR count). The van der Waals surface area contributed by atoms with Crippen molar-refractivity contribution < 1.29 is 27.8 Å². The summed E-state index contributed by atoms with van der Waals surface area (Å²) in [5, 5.41) is 12.1. The molecular formula is C16H21F3N2O3. The fourth-order valence-electron chi connectivity index (χ4n) is 2.78. The molecule has 1 fully saturated rings. The first-order valence-corrected chi connectivity index (χ1v) is 7.88. The second kappa shape index (κ2) is 8.34. The zero-order chi connectivity index (χ0) is 17.6. The summed E-state index contributed by atoms with van der Waals surface area (Å²) in [6.45, 7) is 2.04. The van der Waals surface area contributed by atoms with Crippen LogP contribution >= 0.6 is 0 Å². The number of piperidine rings is 1. The molecule has 2 N–H and O–H groups in total. The molecule has 1 heterocycles. The van der Waals surface area contributed by atoms with Gasteiger partial charge in [0.05, 0.1) is 6.61 Å². The van der Waals surface area contributed by atoms with E-state index in [1.807, 2.05) is 0 Å². The van der Waals surface area contributed by atoms with Crippen LogP contribution in [0, 0.1) is 0 Å². The number of alkyl halides is 3. The van der Waals surface area contributed by atoms with Crippen molar-refractivity contribution in [1.29, 1.82) is 0 Å². The van der Waals surface area contributed by atoms with E-state index in [0.29, 0.717) is 13.1 Å². The van der Waals surface area contributed by atoms with Gasteiger partial charge in [0.2, 0.25) is 0 Å². The quantitative estimate of drug-likeness (QED) is 0.829. The van der Waals surface area contributed by atoms with Crippen molar-refractivity contribution in [3.8, 4) is 5.75 Å². The molecule has 1 aliphatic rings. The fraction of sp³-hybridized carbons (Fsp3) is 0.562. The second-order valence-electron chi connectivity index (χ2n) is 5.70. The number of hydrogen-bond donors (Lipinski definition) is 2. The molecule has 0 bridgehead atoms. The lowest BCUT2D eigenvalue weighted by Crippen LogP contribution is -2.45. The molecule has 24 heavy (non-hydrogen) atoms. The average molecular weight is 346 g/mol. The summed E-state index contributed by atoms with van der Waals surface area (Å²) >= 11 is 0. The number of nitrogens with one attached hydrogen (secondary N) is 1. The number of hydrogen-bond acceptors (Lipinski definition) is 4. The molecule has 8 heteroatoms. The maximum absolute atomic E-state index is 12.1. The van der Waals surface area contributed by atoms with Gasteiger partial charge in [0.25, 0.3) is 5.91 Å². The van der Waals surface area contributed by atoms with Crippen LogP contribution in [0.25, 0.3) is 0 Å². The van der Waals surface area contributed by atoms with Crippen molar-refractivity contribution in [2.24, 2.45) is 0 Å². The number of rotatable bonds is 6. The van der Waals surface area contributed by atoms with Gasteiger partial charge in [-0.2, -0.15) is 0 Å². The number of nitrogens with zero attached hydrogens (tertiary/aromatic N) is 1. The fourth-order valence-corrected chi connectivity index (χ4v) is 2.78. The number of likely N-dealkylation sites (tertiary alicyclic amines) is 1. The van der Waals surface area contributed by atoms with E-state index in [0.717, 1.165) is 37.9 Å². The highest BCUT2D eigenvalue weighted by Gasteiger charge is 2.31. The predicted octanol–water partition coefficient (Wildman–Crippen LogP) is 2.16. The van der Waals surface area contributed by atoms with E-state index in [9.17, 15) is 23.1 Å². The summed E-state index contributed by atoms with van der Waals surface area (Å²) in [5.74, 6) is -0.718. The van der Waals surface area contributed by atoms with Crippen LogP contribution in [0.3, 0.4) is 0 Å². The minimum atomic E-state index is -4.75. The summed E-state index contributed by atoms with van der Waals surface area (Å²) in [4.78, 5) is 14.1. The third-order valence-electron chi connectivity index (χ3n) is 3.99. The molecule has 0 spiro atoms. The zero-order valence-electron chi connectivity index (χ0n) is 13.2. The van der Waals surface area contributed by atoms with Crippen molar-refractivity contribution in [2.75, 3.05) is 26.2 Å². The highest BCUT2D eigenvalue weighted by molar-refractivity contribution is 5.94. The van der Waals surface area contributed by atoms with Crippen LogP contribution in [0.5, 0.6) is 5.75 Å². The molecule has 5 nitrogen and oxygen atoms in total. The molecule has 0 radical (unpaired) electrons. The molecule has 1 aromatic rings. The Kier molecular flexibility index (Phi) is 6.44. The van der Waals surface area contributed by atoms with Crippen molar-refractivity contribution in [1.82, 2.24) is 10.2 Å². The van der Waals surface area contributed by atoms with Crippen molar-refractivity contribution in [2.45, 2.75) is 31.7 Å². The Morgan fingerprint density at radius 1 is 1.29 bits per heavy atom. The summed E-state index contributed by atoms with van der Waals surface area (Å²) in [6, 6.07) is 4.92. The third kappa shape index (κ3) is 5.68. The Morgan fingerprint density at radius 3 is 2.62 bits per heavy atom. The first-order valence-electron chi connectivity index (χ1n) is 7.88. The minimum absolute atomic E-state index is 0.106. The summed E-state index contributed by atoms with van der Waals surface area (Å²) in [6.07, 6.45) is -1.63. The molecule has 0 unspecified atom stereocenters. The number of carbonyl (C=O) groups is 1. The molecule has 1 saturated heterocycles. The van der Waals surface area contributed by atoms with Gasteiger partial charge in [-0.05, 0) is 43.7 Å². The van der Waals surface area contributed by atoms with Gasteiger partial charge in [0.1, 0.15) is 5.75 Å². The molecular weight excluding hydrogens is 325 g/mol. The maximum Gasteiger partial charge on any atom is 0.573 e. The SMILES string of the molecule is O=C(NCCN1CCCC[C@@H]1CO)c1ccc(OC(F)(F)F)cc1. The lowest BCUT2D eigenvalue weighted by atomic mass is 10.0. The van der Waals surface area contributed by atoms with Crippen molar-refractivity contribution in [3.05, 3.63) is 29.8 Å². The van der Waals surface area contributed by atoms with Crippen LogP contribution in [0.4, 0.5) is 13.2 Å². The zero-order valence-corrected chi connectivity index (χ0v) is 13.2. The normalized spacial score (nSPS) is 19.1. The second-order valence-corrected chi connectivity index (χ2v) is 5.70. The molecule has 1 atom stereocenters. The van der Waals surface area contributed by atoms with Gasteiger partial charge in [-0.25, -0.2) is 0 Å². The highest BCUT2D eigenvalue weighted by atomic mass is 19.4. The highest BCUT2D eigenvalue weighted by Crippen LogP contribution is 2.22. The third-order valence-corrected chi connectivity index (χ3v) is 3.99. The monoisotopic (exact) mass is 346 g/mol. The van der Waals surface area contributed by atoms with Gasteiger partial charge >= 0.3 is 6.36 Å². The van der Waals surface area contributed by atoms with E-state index < -0.39 is 6.36 Å². The van der Waals surface area contributed by atoms with E-state index >= 15 is 0 Å². The largest absolute Gasteiger partial charge is 0.573 e. The lowest BCUT2D eigenvalue weighted by Gasteiger charge is -2.34. The van der Waals surface area contributed by atoms with E-state index in [1.165, 1.54) is 12.1 Å². The van der Waals surface area contributed by atoms with Crippen LogP contribution < -0.4 is 10.1 Å². The van der Waals surface area contributed by atoms with Gasteiger partial charge in [-0.1, -0.05) is 6.42 Å². The van der Waals surface area contributed by atoms with Crippen molar-refractivity contribution >= 4 is 5.91 Å². The topological polar surface area (TPSA) is 61.8 Å². The van der Waals surface area contributed by atoms with Gasteiger partial charge in [0, 0.05) is 24.7 Å². The van der Waals surface area contributed by atoms with Crippen LogP contribution in [0.1, 0.15) is 29.6 Å². The number of ether oxygens (including phenoxy) is 1. The number of benzene rings is 1. The Morgan fingerprint density at radius 2 is 2.00 bits per heavy atom. The summed E-state index contributed by atoms with van der Waals surface area (Å²) in [5.41, 5.74) is 0.266. The van der Waals surface area contributed by atoms with Crippen LogP contribution in [-0.2, 0) is 0 Å². The number of aliphatic hydroxyl groups is 1. The Balaban J connectivity index is 1.80. The number of aliphatic hydroxyl groups excluding tert-OH is 1. The van der Waals surface area contributed by atoms with E-state index in [1.54, 1.807) is 0 Å². The Hall–Kier alpha value is -1.80. The van der Waals surface area contributed by atoms with Crippen molar-refractivity contribution in [3.63, 3.8) is 0 Å². The first-order chi connectivity index (χ1) is 11.4. The smallest absolute Gasteiger partial charge is 0.406 e. The van der Waals surface area contributed by atoms with Crippen LogP contribution in [-0.4, -0.2) is 54.6 Å². The van der Waals surface area contributed by atoms with Gasteiger partial charge in [0.15, 0.2) is 0 Å². The molecule has 1 aromatic carbocycles. The number of carbonyl (C=O) groups excluding carboxylic acids is 1. The van der Waals surface area contributed by atoms with E-state index in [4.69, 9.17) is 0 Å². The molecule has 0 aromatic heterocycles. The average Bonchev–Trinajstić information content (AvgIpc) is 2.54. The number of amides is 1. The standard InChI is InChI=1S/C16H21F3N2O3/c17-16(18,19)24-14-6-4-12(5-7-14)15(23)20-8-10-21-9-2-1-3-13(21)11-22/h4-7,13,22H,1-3,8-11H2,(H,20,23)/t13-/m1/s1. The summed E-state index contributed by atoms with van der Waals surface area (Å²) < 4.78 is 40.0. The molecule has 134 valence electrons. The predicted molar refractivity (Wildman–Crippen MR) is 81.8 cm³/mol. The van der Waals surface area contributed by atoms with Crippen LogP contribution in [0.2, 0.25) is 0 Å². The summed E-state index contributed by atoms with van der Waals surface area (Å²) in [7, 11) is 0. The molecule has 0 saturated carbocycles.